The van der Waals surface area contributed by atoms with E-state index in [-0.39, 0.29) is 25.1 Å². The summed E-state index contributed by atoms with van der Waals surface area (Å²) in [5.74, 6) is -0.202. The lowest BCUT2D eigenvalue weighted by Gasteiger charge is -2.26. The van der Waals surface area contributed by atoms with Gasteiger partial charge in [0.05, 0.1) is 12.6 Å². The molecule has 0 heterocycles. The van der Waals surface area contributed by atoms with Crippen LogP contribution in [0.4, 0.5) is 0 Å². The van der Waals surface area contributed by atoms with Crippen molar-refractivity contribution in [3.8, 4) is 0 Å². The van der Waals surface area contributed by atoms with Crippen molar-refractivity contribution in [1.82, 2.24) is 4.90 Å². The summed E-state index contributed by atoms with van der Waals surface area (Å²) in [6.07, 6.45) is -0.612. The maximum absolute atomic E-state index is 11.5. The number of likely N-dealkylation sites (N-methyl/N-ethyl adjacent to an activating group) is 1. The van der Waals surface area contributed by atoms with Crippen LogP contribution in [0.25, 0.3) is 0 Å². The minimum absolute atomic E-state index is 0.0662. The van der Waals surface area contributed by atoms with Crippen molar-refractivity contribution in [3.63, 3.8) is 0 Å². The summed E-state index contributed by atoms with van der Waals surface area (Å²) in [6, 6.07) is -0.211. The maximum Gasteiger partial charge on any atom is 0.253 e. The molecule has 0 rings (SSSR count). The normalized spacial score (nSPS) is 15.2. The second-order valence-corrected chi connectivity index (χ2v) is 2.94. The number of hydrogen-bond acceptors (Lipinski definition) is 4. The average Bonchev–Trinajstić information content (AvgIpc) is 2.17. The number of aliphatic hydroxyl groups is 1. The summed E-state index contributed by atoms with van der Waals surface area (Å²) >= 11 is 0. The van der Waals surface area contributed by atoms with Gasteiger partial charge in [0.15, 0.2) is 0 Å². The van der Waals surface area contributed by atoms with E-state index in [0.29, 0.717) is 0 Å². The molecule has 13 heavy (non-hydrogen) atoms. The van der Waals surface area contributed by atoms with Crippen molar-refractivity contribution in [2.45, 2.75) is 19.1 Å². The molecule has 3 N–H and O–H groups in total. The summed E-state index contributed by atoms with van der Waals surface area (Å²) in [4.78, 5) is 12.9. The number of carbonyl (C=O) groups excluding carboxylic acids is 1. The van der Waals surface area contributed by atoms with Crippen LogP contribution in [0, 0.1) is 0 Å². The highest BCUT2D eigenvalue weighted by Gasteiger charge is 2.22. The molecular formula is C8H18N2O3. The van der Waals surface area contributed by atoms with E-state index in [0.717, 1.165) is 0 Å². The highest BCUT2D eigenvalue weighted by atomic mass is 16.5. The van der Waals surface area contributed by atoms with Gasteiger partial charge >= 0.3 is 0 Å². The standard InChI is InChI=1S/C8H18N2O3/c1-6(5-11)10(2)8(12)7(4-9)13-3/h6-7,11H,4-5,9H2,1-3H3. The van der Waals surface area contributed by atoms with Crippen LogP contribution in [0.1, 0.15) is 6.92 Å². The minimum atomic E-state index is -0.612. The molecule has 0 aromatic carbocycles. The van der Waals surface area contributed by atoms with Crippen LogP contribution in [0.3, 0.4) is 0 Å². The van der Waals surface area contributed by atoms with E-state index < -0.39 is 6.10 Å². The van der Waals surface area contributed by atoms with Crippen molar-refractivity contribution in [3.05, 3.63) is 0 Å². The Morgan fingerprint density at radius 2 is 2.23 bits per heavy atom. The maximum atomic E-state index is 11.5. The third-order valence-electron chi connectivity index (χ3n) is 2.05. The molecular weight excluding hydrogens is 172 g/mol. The van der Waals surface area contributed by atoms with Gasteiger partial charge in [-0.15, -0.1) is 0 Å². The smallest absolute Gasteiger partial charge is 0.253 e. The van der Waals surface area contributed by atoms with Gasteiger partial charge in [0, 0.05) is 20.7 Å². The molecule has 0 bridgehead atoms. The van der Waals surface area contributed by atoms with Crippen molar-refractivity contribution >= 4 is 5.91 Å². The number of methoxy groups -OCH3 is 1. The lowest BCUT2D eigenvalue weighted by atomic mass is 10.2. The van der Waals surface area contributed by atoms with Crippen LogP contribution >= 0.6 is 0 Å². The first-order valence-corrected chi connectivity index (χ1v) is 4.18. The number of hydrogen-bond donors (Lipinski definition) is 2. The molecule has 0 aliphatic carbocycles. The highest BCUT2D eigenvalue weighted by Crippen LogP contribution is 2.00. The Balaban J connectivity index is 4.22. The third-order valence-corrected chi connectivity index (χ3v) is 2.05. The lowest BCUT2D eigenvalue weighted by Crippen LogP contribution is -2.46. The molecule has 0 saturated carbocycles. The van der Waals surface area contributed by atoms with E-state index in [9.17, 15) is 4.79 Å². The van der Waals surface area contributed by atoms with Gasteiger partial charge in [-0.05, 0) is 6.92 Å². The number of ether oxygens (including phenoxy) is 1. The van der Waals surface area contributed by atoms with Gasteiger partial charge in [-0.3, -0.25) is 4.79 Å². The fourth-order valence-corrected chi connectivity index (χ4v) is 0.865. The number of rotatable bonds is 5. The van der Waals surface area contributed by atoms with E-state index in [1.54, 1.807) is 14.0 Å². The minimum Gasteiger partial charge on any atom is -0.394 e. The molecule has 2 unspecified atom stereocenters. The molecule has 2 atom stereocenters. The van der Waals surface area contributed by atoms with Gasteiger partial charge in [-0.1, -0.05) is 0 Å². The number of aliphatic hydroxyl groups excluding tert-OH is 1. The Labute approximate surface area is 78.5 Å². The zero-order valence-corrected chi connectivity index (χ0v) is 8.36. The third kappa shape index (κ3) is 3.30. The summed E-state index contributed by atoms with van der Waals surface area (Å²) < 4.78 is 4.88. The molecule has 0 aromatic rings. The topological polar surface area (TPSA) is 75.8 Å². The second-order valence-electron chi connectivity index (χ2n) is 2.94. The van der Waals surface area contributed by atoms with Crippen LogP contribution in [-0.2, 0) is 9.53 Å². The molecule has 5 heteroatoms. The van der Waals surface area contributed by atoms with E-state index in [2.05, 4.69) is 0 Å². The van der Waals surface area contributed by atoms with E-state index in [4.69, 9.17) is 15.6 Å². The Morgan fingerprint density at radius 1 is 1.69 bits per heavy atom. The van der Waals surface area contributed by atoms with E-state index >= 15 is 0 Å². The number of carbonyl (C=O) groups is 1. The van der Waals surface area contributed by atoms with Crippen LogP contribution in [0.15, 0.2) is 0 Å². The van der Waals surface area contributed by atoms with Gasteiger partial charge in [-0.25, -0.2) is 0 Å². The number of nitrogens with two attached hydrogens (primary N) is 1. The molecule has 0 fully saturated rings. The quantitative estimate of drug-likeness (QED) is 0.571. The fraction of sp³-hybridized carbons (Fsp3) is 0.875. The number of amides is 1. The van der Waals surface area contributed by atoms with Crippen LogP contribution in [0.5, 0.6) is 0 Å². The van der Waals surface area contributed by atoms with Crippen LogP contribution in [0.2, 0.25) is 0 Å². The Morgan fingerprint density at radius 3 is 2.54 bits per heavy atom. The average molecular weight is 190 g/mol. The zero-order valence-electron chi connectivity index (χ0n) is 8.36. The fourth-order valence-electron chi connectivity index (χ4n) is 0.865. The predicted molar refractivity (Wildman–Crippen MR) is 49.2 cm³/mol. The van der Waals surface area contributed by atoms with Gasteiger partial charge in [0.25, 0.3) is 5.91 Å². The van der Waals surface area contributed by atoms with Gasteiger partial charge in [0.1, 0.15) is 6.10 Å². The lowest BCUT2D eigenvalue weighted by molar-refractivity contribution is -0.142. The van der Waals surface area contributed by atoms with Crippen LogP contribution < -0.4 is 5.73 Å². The van der Waals surface area contributed by atoms with Crippen molar-refractivity contribution in [2.75, 3.05) is 27.3 Å². The van der Waals surface area contributed by atoms with Crippen molar-refractivity contribution in [1.29, 1.82) is 0 Å². The van der Waals surface area contributed by atoms with Crippen molar-refractivity contribution < 1.29 is 14.6 Å². The summed E-state index contributed by atoms with van der Waals surface area (Å²) in [6.45, 7) is 1.84. The SMILES string of the molecule is COC(CN)C(=O)N(C)C(C)CO. The first kappa shape index (κ1) is 12.3. The Kier molecular flexibility index (Phi) is 5.61. The molecule has 0 aliphatic heterocycles. The van der Waals surface area contributed by atoms with Gasteiger partial charge < -0.3 is 20.5 Å². The van der Waals surface area contributed by atoms with E-state index in [1.807, 2.05) is 0 Å². The largest absolute Gasteiger partial charge is 0.394 e. The molecule has 5 nitrogen and oxygen atoms in total. The molecule has 1 amide bonds. The summed E-state index contributed by atoms with van der Waals surface area (Å²) in [5, 5.41) is 8.82. The van der Waals surface area contributed by atoms with Gasteiger partial charge in [-0.2, -0.15) is 0 Å². The molecule has 0 aliphatic rings. The molecule has 0 spiro atoms. The van der Waals surface area contributed by atoms with Crippen molar-refractivity contribution in [2.24, 2.45) is 5.73 Å². The Hall–Kier alpha value is -0.650. The summed E-state index contributed by atoms with van der Waals surface area (Å²) in [5.41, 5.74) is 5.33. The first-order valence-electron chi connectivity index (χ1n) is 4.18. The molecule has 78 valence electrons. The van der Waals surface area contributed by atoms with Gasteiger partial charge in [0.2, 0.25) is 0 Å². The second kappa shape index (κ2) is 5.90. The van der Waals surface area contributed by atoms with E-state index in [1.165, 1.54) is 12.0 Å². The first-order chi connectivity index (χ1) is 6.08. The molecule has 0 saturated heterocycles. The summed E-state index contributed by atoms with van der Waals surface area (Å²) in [7, 11) is 3.05. The zero-order chi connectivity index (χ0) is 10.4. The highest BCUT2D eigenvalue weighted by molar-refractivity contribution is 5.81. The number of nitrogens with zero attached hydrogens (tertiary/aromatic N) is 1. The monoisotopic (exact) mass is 190 g/mol. The predicted octanol–water partition coefficient (Wildman–Crippen LogP) is -1.20. The molecule has 0 radical (unpaired) electrons. The Bertz CT molecular complexity index is 159. The molecule has 0 aromatic heterocycles. The van der Waals surface area contributed by atoms with Crippen LogP contribution in [-0.4, -0.2) is 55.4 Å².